The van der Waals surface area contributed by atoms with Crippen molar-refractivity contribution >= 4 is 27.7 Å². The molecule has 0 bridgehead atoms. The SMILES string of the molecule is C=C(CBr)CSC. The van der Waals surface area contributed by atoms with Gasteiger partial charge in [0.05, 0.1) is 0 Å². The topological polar surface area (TPSA) is 0 Å². The molecule has 42 valence electrons. The van der Waals surface area contributed by atoms with Crippen molar-refractivity contribution in [2.75, 3.05) is 17.3 Å². The van der Waals surface area contributed by atoms with Gasteiger partial charge in [-0.05, 0) is 6.26 Å². The van der Waals surface area contributed by atoms with Crippen molar-refractivity contribution in [3.63, 3.8) is 0 Å². The number of rotatable bonds is 3. The van der Waals surface area contributed by atoms with E-state index in [-0.39, 0.29) is 0 Å². The Morgan fingerprint density at radius 3 is 2.57 bits per heavy atom. The first kappa shape index (κ1) is 7.57. The molecule has 0 rings (SSSR count). The van der Waals surface area contributed by atoms with E-state index in [2.05, 4.69) is 28.8 Å². The second kappa shape index (κ2) is 4.72. The van der Waals surface area contributed by atoms with Gasteiger partial charge in [-0.3, -0.25) is 0 Å². The molecule has 0 fully saturated rings. The van der Waals surface area contributed by atoms with Gasteiger partial charge in [-0.1, -0.05) is 28.1 Å². The van der Waals surface area contributed by atoms with Gasteiger partial charge < -0.3 is 0 Å². The van der Waals surface area contributed by atoms with Crippen LogP contribution in [0.5, 0.6) is 0 Å². The minimum absolute atomic E-state index is 0.938. The highest BCUT2D eigenvalue weighted by molar-refractivity contribution is 9.09. The Morgan fingerprint density at radius 2 is 2.43 bits per heavy atom. The van der Waals surface area contributed by atoms with Crippen LogP contribution < -0.4 is 0 Å². The second-order valence-corrected chi connectivity index (χ2v) is 2.74. The molecule has 0 radical (unpaired) electrons. The van der Waals surface area contributed by atoms with Crippen LogP contribution in [0, 0.1) is 0 Å². The van der Waals surface area contributed by atoms with Crippen LogP contribution in [-0.4, -0.2) is 17.3 Å². The summed E-state index contributed by atoms with van der Waals surface area (Å²) < 4.78 is 0. The van der Waals surface area contributed by atoms with Crippen LogP contribution in [0.2, 0.25) is 0 Å². The molecule has 0 aliphatic carbocycles. The predicted octanol–water partition coefficient (Wildman–Crippen LogP) is 2.30. The fraction of sp³-hybridized carbons (Fsp3) is 0.600. The Hall–Kier alpha value is 0.570. The van der Waals surface area contributed by atoms with Crippen LogP contribution in [0.4, 0.5) is 0 Å². The molecule has 0 spiro atoms. The van der Waals surface area contributed by atoms with Crippen molar-refractivity contribution in [2.45, 2.75) is 0 Å². The quantitative estimate of drug-likeness (QED) is 0.475. The van der Waals surface area contributed by atoms with Gasteiger partial charge in [0.25, 0.3) is 0 Å². The molecule has 0 aliphatic rings. The van der Waals surface area contributed by atoms with Crippen molar-refractivity contribution in [3.8, 4) is 0 Å². The van der Waals surface area contributed by atoms with Crippen LogP contribution in [0.3, 0.4) is 0 Å². The maximum atomic E-state index is 3.80. The molecule has 0 aliphatic heterocycles. The van der Waals surface area contributed by atoms with Gasteiger partial charge in [0, 0.05) is 11.1 Å². The standard InChI is InChI=1S/C5H9BrS/c1-5(3-6)4-7-2/h1,3-4H2,2H3. The van der Waals surface area contributed by atoms with Gasteiger partial charge in [0.1, 0.15) is 0 Å². The largest absolute Gasteiger partial charge is 0.161 e. The summed E-state index contributed by atoms with van der Waals surface area (Å²) in [6.07, 6.45) is 2.08. The third-order valence-electron chi connectivity index (χ3n) is 0.537. The Kier molecular flexibility index (Phi) is 5.11. The van der Waals surface area contributed by atoms with Gasteiger partial charge in [-0.25, -0.2) is 0 Å². The number of hydrogen-bond donors (Lipinski definition) is 0. The van der Waals surface area contributed by atoms with Crippen LogP contribution in [0.25, 0.3) is 0 Å². The van der Waals surface area contributed by atoms with Crippen LogP contribution in [-0.2, 0) is 0 Å². The van der Waals surface area contributed by atoms with E-state index in [0.29, 0.717) is 0 Å². The summed E-state index contributed by atoms with van der Waals surface area (Å²) in [6, 6.07) is 0. The first-order valence-electron chi connectivity index (χ1n) is 2.02. The monoisotopic (exact) mass is 180 g/mol. The fourth-order valence-corrected chi connectivity index (χ4v) is 1.21. The zero-order valence-corrected chi connectivity index (χ0v) is 6.81. The first-order valence-corrected chi connectivity index (χ1v) is 4.54. The number of thioether (sulfide) groups is 1. The molecule has 0 amide bonds. The molecule has 0 heterocycles. The summed E-state index contributed by atoms with van der Waals surface area (Å²) in [6.45, 7) is 3.80. The van der Waals surface area contributed by atoms with E-state index >= 15 is 0 Å². The zero-order chi connectivity index (χ0) is 5.70. The molecule has 0 unspecified atom stereocenters. The van der Waals surface area contributed by atoms with Crippen molar-refractivity contribution < 1.29 is 0 Å². The summed E-state index contributed by atoms with van der Waals surface area (Å²) in [7, 11) is 0. The van der Waals surface area contributed by atoms with E-state index in [9.17, 15) is 0 Å². The highest BCUT2D eigenvalue weighted by Crippen LogP contribution is 2.03. The number of hydrogen-bond acceptors (Lipinski definition) is 1. The molecule has 0 aromatic heterocycles. The Balaban J connectivity index is 3.00. The van der Waals surface area contributed by atoms with Crippen LogP contribution in [0.1, 0.15) is 0 Å². The van der Waals surface area contributed by atoms with Gasteiger partial charge in [-0.2, -0.15) is 11.8 Å². The number of halogens is 1. The Bertz CT molecular complexity index is 61.1. The predicted molar refractivity (Wildman–Crippen MR) is 41.3 cm³/mol. The van der Waals surface area contributed by atoms with E-state index < -0.39 is 0 Å². The molecule has 0 saturated carbocycles. The zero-order valence-electron chi connectivity index (χ0n) is 4.41. The van der Waals surface area contributed by atoms with Crippen molar-refractivity contribution in [1.82, 2.24) is 0 Å². The van der Waals surface area contributed by atoms with Gasteiger partial charge in [-0.15, -0.1) is 0 Å². The van der Waals surface area contributed by atoms with Gasteiger partial charge in [0.15, 0.2) is 0 Å². The lowest BCUT2D eigenvalue weighted by molar-refractivity contribution is 1.48. The Morgan fingerprint density at radius 1 is 1.86 bits per heavy atom. The van der Waals surface area contributed by atoms with Crippen molar-refractivity contribution in [2.24, 2.45) is 0 Å². The minimum atomic E-state index is 0.938. The van der Waals surface area contributed by atoms with E-state index in [4.69, 9.17) is 0 Å². The highest BCUT2D eigenvalue weighted by atomic mass is 79.9. The fourth-order valence-electron chi connectivity index (χ4n) is 0.243. The average molecular weight is 181 g/mol. The van der Waals surface area contributed by atoms with E-state index in [1.165, 1.54) is 5.57 Å². The molecule has 0 saturated heterocycles. The molecule has 2 heteroatoms. The lowest BCUT2D eigenvalue weighted by Gasteiger charge is -1.92. The van der Waals surface area contributed by atoms with Crippen LogP contribution in [0.15, 0.2) is 12.2 Å². The van der Waals surface area contributed by atoms with E-state index in [0.717, 1.165) is 11.1 Å². The summed E-state index contributed by atoms with van der Waals surface area (Å²) in [5, 5.41) is 0.938. The average Bonchev–Trinajstić information content (AvgIpc) is 1.68. The summed E-state index contributed by atoms with van der Waals surface area (Å²) in [5.74, 6) is 1.07. The lowest BCUT2D eigenvalue weighted by atomic mass is 10.4. The first-order chi connectivity index (χ1) is 3.31. The normalized spacial score (nSPS) is 8.86. The van der Waals surface area contributed by atoms with Crippen molar-refractivity contribution in [3.05, 3.63) is 12.2 Å². The maximum absolute atomic E-state index is 3.80. The smallest absolute Gasteiger partial charge is 0.0247 e. The van der Waals surface area contributed by atoms with Crippen molar-refractivity contribution in [1.29, 1.82) is 0 Å². The minimum Gasteiger partial charge on any atom is -0.161 e. The van der Waals surface area contributed by atoms with E-state index in [1.807, 2.05) is 0 Å². The highest BCUT2D eigenvalue weighted by Gasteiger charge is 1.85. The lowest BCUT2D eigenvalue weighted by Crippen LogP contribution is -1.82. The number of alkyl halides is 1. The molecule has 0 aromatic rings. The summed E-state index contributed by atoms with van der Waals surface area (Å²) >= 11 is 5.11. The summed E-state index contributed by atoms with van der Waals surface area (Å²) in [5.41, 5.74) is 1.26. The third kappa shape index (κ3) is 4.42. The maximum Gasteiger partial charge on any atom is 0.0247 e. The summed E-state index contributed by atoms with van der Waals surface area (Å²) in [4.78, 5) is 0. The molecular weight excluding hydrogens is 172 g/mol. The van der Waals surface area contributed by atoms with Crippen LogP contribution >= 0.6 is 27.7 Å². The molecule has 0 N–H and O–H groups in total. The molecular formula is C5H9BrS. The molecule has 0 atom stereocenters. The molecule has 0 aromatic carbocycles. The van der Waals surface area contributed by atoms with E-state index in [1.54, 1.807) is 11.8 Å². The molecule has 7 heavy (non-hydrogen) atoms. The van der Waals surface area contributed by atoms with Gasteiger partial charge >= 0.3 is 0 Å². The van der Waals surface area contributed by atoms with Gasteiger partial charge in [0.2, 0.25) is 0 Å². The Labute approximate surface area is 57.5 Å². The third-order valence-corrected chi connectivity index (χ3v) is 2.03. The second-order valence-electron chi connectivity index (χ2n) is 1.32. The molecule has 0 nitrogen and oxygen atoms in total.